The molecule has 0 unspecified atom stereocenters. The molecule has 0 aliphatic carbocycles. The van der Waals surface area contributed by atoms with Crippen molar-refractivity contribution in [1.29, 1.82) is 0 Å². The summed E-state index contributed by atoms with van der Waals surface area (Å²) in [6.45, 7) is 2.93. The third-order valence-electron chi connectivity index (χ3n) is 4.35. The van der Waals surface area contributed by atoms with Gasteiger partial charge in [-0.25, -0.2) is 0 Å². The van der Waals surface area contributed by atoms with Gasteiger partial charge < -0.3 is 10.5 Å². The molecule has 0 radical (unpaired) electrons. The number of carbonyl (C=O) groups is 1. The first-order valence-corrected chi connectivity index (χ1v) is 7.21. The van der Waals surface area contributed by atoms with Gasteiger partial charge in [-0.15, -0.1) is 0 Å². The molecular weight excluding hydrogens is 252 g/mol. The second kappa shape index (κ2) is 6.86. The molecule has 0 aromatic heterocycles. The zero-order valence-electron chi connectivity index (χ0n) is 12.2. The molecule has 1 aromatic rings. The lowest BCUT2D eigenvalue weighted by Gasteiger charge is -2.41. The molecule has 0 amide bonds. The van der Waals surface area contributed by atoms with Crippen LogP contribution in [0.4, 0.5) is 0 Å². The number of hydrogen-bond donors (Lipinski definition) is 1. The molecule has 1 heterocycles. The van der Waals surface area contributed by atoms with Crippen molar-refractivity contribution in [2.45, 2.75) is 19.3 Å². The number of nitrogens with zero attached hydrogens (tertiary/aromatic N) is 1. The summed E-state index contributed by atoms with van der Waals surface area (Å²) >= 11 is 0. The number of nitrogens with two attached hydrogens (primary N) is 1. The van der Waals surface area contributed by atoms with Crippen molar-refractivity contribution in [2.75, 3.05) is 33.3 Å². The molecule has 0 spiro atoms. The number of esters is 1. The average Bonchev–Trinajstić information content (AvgIpc) is 2.50. The van der Waals surface area contributed by atoms with E-state index in [9.17, 15) is 4.79 Å². The van der Waals surface area contributed by atoms with Crippen molar-refractivity contribution in [3.05, 3.63) is 35.9 Å². The van der Waals surface area contributed by atoms with E-state index in [4.69, 9.17) is 10.5 Å². The van der Waals surface area contributed by atoms with Crippen molar-refractivity contribution in [3.8, 4) is 0 Å². The SMILES string of the molecule is COC(=O)CN1CCC(CN)(Cc2ccccc2)CC1. The van der Waals surface area contributed by atoms with E-state index in [1.54, 1.807) is 0 Å². The lowest BCUT2D eigenvalue weighted by molar-refractivity contribution is -0.142. The molecule has 110 valence electrons. The van der Waals surface area contributed by atoms with Gasteiger partial charge in [-0.2, -0.15) is 0 Å². The molecule has 1 fully saturated rings. The number of carbonyl (C=O) groups excluding carboxylic acids is 1. The Hall–Kier alpha value is -1.39. The summed E-state index contributed by atoms with van der Waals surface area (Å²) in [5, 5.41) is 0. The highest BCUT2D eigenvalue weighted by Crippen LogP contribution is 2.34. The predicted molar refractivity (Wildman–Crippen MR) is 79.3 cm³/mol. The maximum absolute atomic E-state index is 11.3. The second-order valence-corrected chi connectivity index (χ2v) is 5.72. The first-order valence-electron chi connectivity index (χ1n) is 7.21. The minimum absolute atomic E-state index is 0.159. The number of likely N-dealkylation sites (tertiary alicyclic amines) is 1. The molecule has 1 aromatic carbocycles. The van der Waals surface area contributed by atoms with Gasteiger partial charge in [0.1, 0.15) is 0 Å². The minimum atomic E-state index is -0.159. The van der Waals surface area contributed by atoms with E-state index in [1.165, 1.54) is 12.7 Å². The van der Waals surface area contributed by atoms with Gasteiger partial charge in [-0.1, -0.05) is 30.3 Å². The fourth-order valence-electron chi connectivity index (χ4n) is 2.91. The first kappa shape index (κ1) is 15.0. The van der Waals surface area contributed by atoms with Crippen LogP contribution in [0.5, 0.6) is 0 Å². The summed E-state index contributed by atoms with van der Waals surface area (Å²) in [5.41, 5.74) is 7.57. The Bertz CT molecular complexity index is 425. The summed E-state index contributed by atoms with van der Waals surface area (Å²) in [4.78, 5) is 13.5. The Morgan fingerprint density at radius 2 is 1.95 bits per heavy atom. The monoisotopic (exact) mass is 276 g/mol. The van der Waals surface area contributed by atoms with Crippen molar-refractivity contribution < 1.29 is 9.53 Å². The van der Waals surface area contributed by atoms with Crippen LogP contribution >= 0.6 is 0 Å². The molecule has 20 heavy (non-hydrogen) atoms. The Balaban J connectivity index is 1.93. The number of piperidine rings is 1. The maximum atomic E-state index is 11.3. The van der Waals surface area contributed by atoms with E-state index in [1.807, 2.05) is 6.07 Å². The van der Waals surface area contributed by atoms with Crippen LogP contribution in [-0.4, -0.2) is 44.2 Å². The van der Waals surface area contributed by atoms with Crippen LogP contribution in [0.25, 0.3) is 0 Å². The van der Waals surface area contributed by atoms with E-state index >= 15 is 0 Å². The van der Waals surface area contributed by atoms with Crippen LogP contribution < -0.4 is 5.73 Å². The van der Waals surface area contributed by atoms with Crippen LogP contribution in [0.1, 0.15) is 18.4 Å². The molecule has 1 aliphatic rings. The summed E-state index contributed by atoms with van der Waals surface area (Å²) in [5.74, 6) is -0.159. The Labute approximate surface area is 120 Å². The largest absolute Gasteiger partial charge is 0.468 e. The van der Waals surface area contributed by atoms with Crippen molar-refractivity contribution in [3.63, 3.8) is 0 Å². The van der Waals surface area contributed by atoms with Gasteiger partial charge in [0.2, 0.25) is 0 Å². The molecule has 4 nitrogen and oxygen atoms in total. The minimum Gasteiger partial charge on any atom is -0.468 e. The zero-order valence-corrected chi connectivity index (χ0v) is 12.2. The summed E-state index contributed by atoms with van der Waals surface area (Å²) in [7, 11) is 1.44. The molecular formula is C16H24N2O2. The molecule has 4 heteroatoms. The van der Waals surface area contributed by atoms with Gasteiger partial charge in [0, 0.05) is 0 Å². The number of hydrogen-bond acceptors (Lipinski definition) is 4. The molecule has 2 N–H and O–H groups in total. The highest BCUT2D eigenvalue weighted by Gasteiger charge is 2.33. The fourth-order valence-corrected chi connectivity index (χ4v) is 2.91. The van der Waals surface area contributed by atoms with Gasteiger partial charge >= 0.3 is 5.97 Å². The fraction of sp³-hybridized carbons (Fsp3) is 0.562. The molecule has 1 saturated heterocycles. The number of rotatable bonds is 5. The molecule has 1 aliphatic heterocycles. The number of benzene rings is 1. The van der Waals surface area contributed by atoms with Crippen molar-refractivity contribution in [2.24, 2.45) is 11.1 Å². The normalized spacial score (nSPS) is 18.7. The zero-order chi connectivity index (χ0) is 14.4. The smallest absolute Gasteiger partial charge is 0.319 e. The summed E-state index contributed by atoms with van der Waals surface area (Å²) in [6.07, 6.45) is 3.10. The predicted octanol–water partition coefficient (Wildman–Crippen LogP) is 1.44. The molecule has 2 rings (SSSR count). The number of ether oxygens (including phenoxy) is 1. The van der Waals surface area contributed by atoms with Crippen LogP contribution in [0.2, 0.25) is 0 Å². The third-order valence-corrected chi connectivity index (χ3v) is 4.35. The quantitative estimate of drug-likeness (QED) is 0.827. The average molecular weight is 276 g/mol. The topological polar surface area (TPSA) is 55.6 Å². The van der Waals surface area contributed by atoms with Gasteiger partial charge in [-0.05, 0) is 49.9 Å². The maximum Gasteiger partial charge on any atom is 0.319 e. The lowest BCUT2D eigenvalue weighted by atomic mass is 9.74. The first-order chi connectivity index (χ1) is 9.67. The van der Waals surface area contributed by atoms with Crippen LogP contribution in [0.3, 0.4) is 0 Å². The molecule has 0 bridgehead atoms. The van der Waals surface area contributed by atoms with Crippen LogP contribution in [0, 0.1) is 5.41 Å². The lowest BCUT2D eigenvalue weighted by Crippen LogP contribution is -2.46. The highest BCUT2D eigenvalue weighted by molar-refractivity contribution is 5.71. The van der Waals surface area contributed by atoms with E-state index in [2.05, 4.69) is 29.2 Å². The van der Waals surface area contributed by atoms with Crippen molar-refractivity contribution in [1.82, 2.24) is 4.90 Å². The Kier molecular flexibility index (Phi) is 5.15. The van der Waals surface area contributed by atoms with E-state index in [0.717, 1.165) is 32.4 Å². The van der Waals surface area contributed by atoms with Gasteiger partial charge in [0.05, 0.1) is 13.7 Å². The summed E-state index contributed by atoms with van der Waals surface area (Å²) < 4.78 is 4.72. The van der Waals surface area contributed by atoms with Gasteiger partial charge in [0.15, 0.2) is 0 Å². The van der Waals surface area contributed by atoms with E-state index in [-0.39, 0.29) is 11.4 Å². The number of methoxy groups -OCH3 is 1. The van der Waals surface area contributed by atoms with Crippen LogP contribution in [0.15, 0.2) is 30.3 Å². The Morgan fingerprint density at radius 3 is 2.50 bits per heavy atom. The molecule has 0 saturated carbocycles. The van der Waals surface area contributed by atoms with E-state index < -0.39 is 0 Å². The standard InChI is InChI=1S/C16H24N2O2/c1-20-15(19)12-18-9-7-16(13-17,8-10-18)11-14-5-3-2-4-6-14/h2-6H,7-13,17H2,1H3. The highest BCUT2D eigenvalue weighted by atomic mass is 16.5. The van der Waals surface area contributed by atoms with Crippen molar-refractivity contribution >= 4 is 5.97 Å². The second-order valence-electron chi connectivity index (χ2n) is 5.72. The Morgan fingerprint density at radius 1 is 1.30 bits per heavy atom. The van der Waals surface area contributed by atoms with Crippen LogP contribution in [-0.2, 0) is 16.0 Å². The molecule has 0 atom stereocenters. The van der Waals surface area contributed by atoms with E-state index in [0.29, 0.717) is 13.1 Å². The third kappa shape index (κ3) is 3.81. The van der Waals surface area contributed by atoms with Gasteiger partial charge in [-0.3, -0.25) is 9.69 Å². The van der Waals surface area contributed by atoms with Gasteiger partial charge in [0.25, 0.3) is 0 Å². The summed E-state index contributed by atoms with van der Waals surface area (Å²) in [6, 6.07) is 10.5.